The molecule has 1 fully saturated rings. The second-order valence-corrected chi connectivity index (χ2v) is 8.16. The highest BCUT2D eigenvalue weighted by Crippen LogP contribution is 2.22. The van der Waals surface area contributed by atoms with Crippen molar-refractivity contribution in [3.8, 4) is 0 Å². The van der Waals surface area contributed by atoms with E-state index in [-0.39, 0.29) is 29.9 Å². The molecule has 2 aromatic rings. The molecule has 0 aliphatic carbocycles. The zero-order valence-corrected chi connectivity index (χ0v) is 18.7. The van der Waals surface area contributed by atoms with Gasteiger partial charge in [-0.1, -0.05) is 40.2 Å². The third-order valence-corrected chi connectivity index (χ3v) is 4.77. The Balaban J connectivity index is 0.000000269. The van der Waals surface area contributed by atoms with Gasteiger partial charge in [0, 0.05) is 10.5 Å². The minimum absolute atomic E-state index is 0.0240. The Bertz CT molecular complexity index is 866. The Morgan fingerprint density at radius 3 is 2.30 bits per heavy atom. The zero-order chi connectivity index (χ0) is 22.3. The van der Waals surface area contributed by atoms with Gasteiger partial charge in [0.15, 0.2) is 5.79 Å². The van der Waals surface area contributed by atoms with E-state index in [2.05, 4.69) is 15.9 Å². The summed E-state index contributed by atoms with van der Waals surface area (Å²) in [6, 6.07) is 14.1. The summed E-state index contributed by atoms with van der Waals surface area (Å²) in [5.41, 5.74) is 6.76. The van der Waals surface area contributed by atoms with Crippen LogP contribution < -0.4 is 5.73 Å². The number of benzene rings is 2. The van der Waals surface area contributed by atoms with E-state index in [9.17, 15) is 9.59 Å². The number of nitrogens with two attached hydrogens (primary N) is 1. The molecule has 0 amide bonds. The predicted molar refractivity (Wildman–Crippen MR) is 115 cm³/mol. The summed E-state index contributed by atoms with van der Waals surface area (Å²) in [6.45, 7) is 5.88. The van der Waals surface area contributed by atoms with E-state index in [4.69, 9.17) is 25.1 Å². The Kier molecular flexibility index (Phi) is 8.54. The molecule has 0 saturated carbocycles. The number of carbonyl (C=O) groups excluding carboxylic acids is 1. The van der Waals surface area contributed by atoms with Gasteiger partial charge in [0.05, 0.1) is 17.7 Å². The smallest absolute Gasteiger partial charge is 0.339 e. The second kappa shape index (κ2) is 10.7. The summed E-state index contributed by atoms with van der Waals surface area (Å²) in [5, 5.41) is 9.01. The van der Waals surface area contributed by atoms with Gasteiger partial charge in [-0.3, -0.25) is 0 Å². The predicted octanol–water partition coefficient (Wildman–Crippen LogP) is 4.16. The first-order chi connectivity index (χ1) is 14.1. The second-order valence-electron chi connectivity index (χ2n) is 7.24. The number of carboxylic acids is 1. The van der Waals surface area contributed by atoms with Crippen molar-refractivity contribution >= 4 is 27.9 Å². The SMILES string of the molecule is CC1(C)OC[C@@H](COC(=O)c2ccccc2C(=O)O)O1.C[C@H](N)c1ccc(Br)cc1. The number of carboxylic acid groups (broad SMARTS) is 1. The molecule has 1 heterocycles. The standard InChI is InChI=1S/C14H16O6.C8H10BrN/c1-14(2)19-8-9(20-14)7-18-13(17)11-6-4-3-5-10(11)12(15)16;1-6(10)7-2-4-8(9)5-3-7/h3-6,9H,7-8H2,1-2H3,(H,15,16);2-6H,10H2,1H3/t9-;6-/m10/s1. The third kappa shape index (κ3) is 7.21. The van der Waals surface area contributed by atoms with Crippen LogP contribution in [0, 0.1) is 0 Å². The molecule has 0 aromatic heterocycles. The number of carbonyl (C=O) groups is 2. The summed E-state index contributed by atoms with van der Waals surface area (Å²) in [6.07, 6.45) is -0.342. The monoisotopic (exact) mass is 479 g/mol. The molecule has 2 atom stereocenters. The topological polar surface area (TPSA) is 108 Å². The van der Waals surface area contributed by atoms with Crippen molar-refractivity contribution < 1.29 is 28.9 Å². The Morgan fingerprint density at radius 2 is 1.80 bits per heavy atom. The maximum Gasteiger partial charge on any atom is 0.339 e. The van der Waals surface area contributed by atoms with Crippen molar-refractivity contribution in [2.45, 2.75) is 38.7 Å². The number of hydrogen-bond acceptors (Lipinski definition) is 6. The zero-order valence-electron chi connectivity index (χ0n) is 17.1. The van der Waals surface area contributed by atoms with Gasteiger partial charge < -0.3 is 25.1 Å². The lowest BCUT2D eigenvalue weighted by atomic mass is 10.1. The van der Waals surface area contributed by atoms with Crippen molar-refractivity contribution in [3.63, 3.8) is 0 Å². The first-order valence-electron chi connectivity index (χ1n) is 9.41. The van der Waals surface area contributed by atoms with Crippen LogP contribution in [0.15, 0.2) is 53.0 Å². The summed E-state index contributed by atoms with van der Waals surface area (Å²) >= 11 is 3.35. The van der Waals surface area contributed by atoms with Crippen LogP contribution in [0.5, 0.6) is 0 Å². The first kappa shape index (κ1) is 24.0. The molecule has 30 heavy (non-hydrogen) atoms. The highest BCUT2D eigenvalue weighted by atomic mass is 79.9. The fourth-order valence-electron chi connectivity index (χ4n) is 2.71. The summed E-state index contributed by atoms with van der Waals surface area (Å²) < 4.78 is 17.0. The molecule has 0 bridgehead atoms. The minimum Gasteiger partial charge on any atom is -0.478 e. The van der Waals surface area contributed by atoms with Crippen LogP contribution in [0.3, 0.4) is 0 Å². The number of rotatable bonds is 5. The third-order valence-electron chi connectivity index (χ3n) is 4.24. The van der Waals surface area contributed by atoms with Gasteiger partial charge in [-0.15, -0.1) is 0 Å². The fourth-order valence-corrected chi connectivity index (χ4v) is 2.97. The lowest BCUT2D eigenvalue weighted by Gasteiger charge is -2.17. The Labute approximate surface area is 184 Å². The van der Waals surface area contributed by atoms with Gasteiger partial charge in [0.2, 0.25) is 0 Å². The van der Waals surface area contributed by atoms with Gasteiger partial charge in [0.25, 0.3) is 0 Å². The number of aromatic carboxylic acids is 1. The molecule has 1 aliphatic heterocycles. The lowest BCUT2D eigenvalue weighted by molar-refractivity contribution is -0.142. The average Bonchev–Trinajstić information content (AvgIpc) is 3.05. The normalized spacial score (nSPS) is 18.1. The van der Waals surface area contributed by atoms with Crippen LogP contribution in [0.2, 0.25) is 0 Å². The Hall–Kier alpha value is -2.26. The van der Waals surface area contributed by atoms with Crippen LogP contribution in [0.1, 0.15) is 53.1 Å². The van der Waals surface area contributed by atoms with Gasteiger partial charge in [-0.05, 0) is 50.6 Å². The summed E-state index contributed by atoms with van der Waals surface area (Å²) in [7, 11) is 0. The van der Waals surface area contributed by atoms with Gasteiger partial charge in [0.1, 0.15) is 12.7 Å². The number of esters is 1. The molecule has 0 spiro atoms. The molecule has 7 nitrogen and oxygen atoms in total. The van der Waals surface area contributed by atoms with Gasteiger partial charge >= 0.3 is 11.9 Å². The van der Waals surface area contributed by atoms with Gasteiger partial charge in [-0.2, -0.15) is 0 Å². The molecule has 3 N–H and O–H groups in total. The van der Waals surface area contributed by atoms with Crippen molar-refractivity contribution in [3.05, 3.63) is 69.7 Å². The lowest BCUT2D eigenvalue weighted by Crippen LogP contribution is -2.25. The molecular formula is C22H26BrNO6. The van der Waals surface area contributed by atoms with E-state index in [1.54, 1.807) is 26.0 Å². The Morgan fingerprint density at radius 1 is 1.20 bits per heavy atom. The quantitative estimate of drug-likeness (QED) is 0.619. The molecule has 8 heteroatoms. The van der Waals surface area contributed by atoms with E-state index in [0.717, 1.165) is 4.47 Å². The average molecular weight is 480 g/mol. The van der Waals surface area contributed by atoms with Crippen molar-refractivity contribution in [1.29, 1.82) is 0 Å². The van der Waals surface area contributed by atoms with E-state index >= 15 is 0 Å². The number of halogens is 1. The van der Waals surface area contributed by atoms with Crippen molar-refractivity contribution in [2.75, 3.05) is 13.2 Å². The molecule has 0 unspecified atom stereocenters. The largest absolute Gasteiger partial charge is 0.478 e. The van der Waals surface area contributed by atoms with Gasteiger partial charge in [-0.25, -0.2) is 9.59 Å². The van der Waals surface area contributed by atoms with Crippen molar-refractivity contribution in [2.24, 2.45) is 5.73 Å². The minimum atomic E-state index is -1.17. The maximum atomic E-state index is 11.9. The molecular weight excluding hydrogens is 454 g/mol. The van der Waals surface area contributed by atoms with Crippen LogP contribution in [-0.4, -0.2) is 42.1 Å². The van der Waals surface area contributed by atoms with E-state index < -0.39 is 17.7 Å². The van der Waals surface area contributed by atoms with E-state index in [1.807, 2.05) is 31.2 Å². The molecule has 162 valence electrons. The first-order valence-corrected chi connectivity index (χ1v) is 10.2. The highest BCUT2D eigenvalue weighted by Gasteiger charge is 2.33. The fraction of sp³-hybridized carbons (Fsp3) is 0.364. The van der Waals surface area contributed by atoms with Crippen LogP contribution in [0.4, 0.5) is 0 Å². The molecule has 2 aromatic carbocycles. The summed E-state index contributed by atoms with van der Waals surface area (Å²) in [5.74, 6) is -2.54. The number of hydrogen-bond donors (Lipinski definition) is 2. The van der Waals surface area contributed by atoms with E-state index in [1.165, 1.54) is 17.7 Å². The molecule has 1 saturated heterocycles. The van der Waals surface area contributed by atoms with Crippen molar-refractivity contribution in [1.82, 2.24) is 0 Å². The molecule has 0 radical (unpaired) electrons. The van der Waals surface area contributed by atoms with Crippen LogP contribution in [-0.2, 0) is 14.2 Å². The molecule has 3 rings (SSSR count). The van der Waals surface area contributed by atoms with E-state index in [0.29, 0.717) is 6.61 Å². The number of ether oxygens (including phenoxy) is 3. The molecule has 1 aliphatic rings. The highest BCUT2D eigenvalue weighted by molar-refractivity contribution is 9.10. The maximum absolute atomic E-state index is 11.9. The van der Waals surface area contributed by atoms with Crippen LogP contribution in [0.25, 0.3) is 0 Å². The van der Waals surface area contributed by atoms with Crippen LogP contribution >= 0.6 is 15.9 Å². The summed E-state index contributed by atoms with van der Waals surface area (Å²) in [4.78, 5) is 22.9.